The topological polar surface area (TPSA) is 95.3 Å². The molecule has 2 aromatic rings. The van der Waals surface area contributed by atoms with Crippen LogP contribution in [0.1, 0.15) is 19.8 Å². The summed E-state index contributed by atoms with van der Waals surface area (Å²) in [7, 11) is 0. The smallest absolute Gasteiger partial charge is 0.348 e. The zero-order valence-electron chi connectivity index (χ0n) is 9.55. The first kappa shape index (κ1) is 11.6. The Morgan fingerprint density at radius 2 is 2.47 bits per heavy atom. The number of aliphatic hydroxyl groups is 1. The summed E-state index contributed by atoms with van der Waals surface area (Å²) in [6.45, 7) is 2.20. The van der Waals surface area contributed by atoms with E-state index < -0.39 is 0 Å². The number of fused-ring (bicyclic) bond motifs is 1. The first-order valence-electron chi connectivity index (χ1n) is 5.51. The van der Waals surface area contributed by atoms with Crippen molar-refractivity contribution in [3.63, 3.8) is 0 Å². The van der Waals surface area contributed by atoms with Crippen LogP contribution in [0.4, 0.5) is 5.82 Å². The van der Waals surface area contributed by atoms with Crippen LogP contribution >= 0.6 is 0 Å². The SMILES string of the molecule is CC(CCCO)Nc1cc2n[nH]c(=O)n2cn1. The molecule has 0 bridgehead atoms. The molecule has 7 heteroatoms. The average molecular weight is 237 g/mol. The third-order valence-electron chi connectivity index (χ3n) is 2.50. The van der Waals surface area contributed by atoms with E-state index in [9.17, 15) is 4.79 Å². The molecule has 0 fully saturated rings. The minimum Gasteiger partial charge on any atom is -0.396 e. The van der Waals surface area contributed by atoms with Crippen LogP contribution in [-0.2, 0) is 0 Å². The van der Waals surface area contributed by atoms with E-state index in [0.29, 0.717) is 11.5 Å². The lowest BCUT2D eigenvalue weighted by atomic mass is 10.2. The summed E-state index contributed by atoms with van der Waals surface area (Å²) < 4.78 is 1.34. The summed E-state index contributed by atoms with van der Waals surface area (Å²) in [5.74, 6) is 0.668. The number of H-pyrrole nitrogens is 1. The summed E-state index contributed by atoms with van der Waals surface area (Å²) in [5, 5.41) is 18.1. The Kier molecular flexibility index (Phi) is 3.38. The van der Waals surface area contributed by atoms with E-state index >= 15 is 0 Å². The Balaban J connectivity index is 2.11. The molecule has 2 rings (SSSR count). The summed E-state index contributed by atoms with van der Waals surface area (Å²) in [4.78, 5) is 15.3. The standard InChI is InChI=1S/C10H15N5O2/c1-7(3-2-4-16)12-8-5-9-13-14-10(17)15(9)6-11-8/h5-7,12,16H,2-4H2,1H3,(H,14,17). The van der Waals surface area contributed by atoms with Crippen molar-refractivity contribution in [1.29, 1.82) is 0 Å². The molecule has 3 N–H and O–H groups in total. The number of aromatic nitrogens is 4. The van der Waals surface area contributed by atoms with Crippen molar-refractivity contribution >= 4 is 11.5 Å². The molecule has 7 nitrogen and oxygen atoms in total. The van der Waals surface area contributed by atoms with E-state index in [4.69, 9.17) is 5.11 Å². The van der Waals surface area contributed by atoms with Crippen LogP contribution in [0.15, 0.2) is 17.2 Å². The van der Waals surface area contributed by atoms with E-state index in [2.05, 4.69) is 20.5 Å². The van der Waals surface area contributed by atoms with Gasteiger partial charge >= 0.3 is 5.69 Å². The highest BCUT2D eigenvalue weighted by molar-refractivity contribution is 5.48. The van der Waals surface area contributed by atoms with Gasteiger partial charge in [0.1, 0.15) is 12.1 Å². The van der Waals surface area contributed by atoms with Gasteiger partial charge in [0.25, 0.3) is 0 Å². The van der Waals surface area contributed by atoms with Gasteiger partial charge in [0.05, 0.1) is 0 Å². The second-order valence-corrected chi connectivity index (χ2v) is 3.94. The van der Waals surface area contributed by atoms with Gasteiger partial charge < -0.3 is 10.4 Å². The Morgan fingerprint density at radius 1 is 1.65 bits per heavy atom. The van der Waals surface area contributed by atoms with Gasteiger partial charge in [-0.05, 0) is 19.8 Å². The predicted molar refractivity (Wildman–Crippen MR) is 63.0 cm³/mol. The van der Waals surface area contributed by atoms with Gasteiger partial charge in [0, 0.05) is 18.7 Å². The molecule has 17 heavy (non-hydrogen) atoms. The van der Waals surface area contributed by atoms with E-state index in [-0.39, 0.29) is 18.3 Å². The fraction of sp³-hybridized carbons (Fsp3) is 0.500. The van der Waals surface area contributed by atoms with E-state index in [1.165, 1.54) is 10.7 Å². The highest BCUT2D eigenvalue weighted by Gasteiger charge is 2.05. The van der Waals surface area contributed by atoms with Gasteiger partial charge in [-0.2, -0.15) is 5.10 Å². The number of anilines is 1. The van der Waals surface area contributed by atoms with Crippen molar-refractivity contribution in [2.24, 2.45) is 0 Å². The molecule has 92 valence electrons. The lowest BCUT2D eigenvalue weighted by Crippen LogP contribution is -2.17. The van der Waals surface area contributed by atoms with Crippen molar-refractivity contribution < 1.29 is 5.11 Å². The van der Waals surface area contributed by atoms with Crippen LogP contribution in [0, 0.1) is 0 Å². The number of hydrogen-bond acceptors (Lipinski definition) is 5. The largest absolute Gasteiger partial charge is 0.396 e. The van der Waals surface area contributed by atoms with Gasteiger partial charge in [-0.25, -0.2) is 19.3 Å². The van der Waals surface area contributed by atoms with Gasteiger partial charge in [-0.3, -0.25) is 0 Å². The predicted octanol–water partition coefficient (Wildman–Crippen LogP) is -0.00950. The maximum Gasteiger partial charge on any atom is 0.348 e. The second-order valence-electron chi connectivity index (χ2n) is 3.94. The second kappa shape index (κ2) is 4.96. The molecule has 0 aromatic carbocycles. The zero-order valence-corrected chi connectivity index (χ0v) is 9.55. The minimum atomic E-state index is -0.299. The molecule has 1 atom stereocenters. The molecule has 2 aromatic heterocycles. The van der Waals surface area contributed by atoms with Crippen LogP contribution < -0.4 is 11.0 Å². The molecule has 0 aliphatic carbocycles. The number of aromatic amines is 1. The van der Waals surface area contributed by atoms with Crippen molar-refractivity contribution in [2.45, 2.75) is 25.8 Å². The average Bonchev–Trinajstić information content (AvgIpc) is 2.68. The van der Waals surface area contributed by atoms with Crippen molar-refractivity contribution in [3.05, 3.63) is 22.9 Å². The van der Waals surface area contributed by atoms with Gasteiger partial charge in [-0.15, -0.1) is 0 Å². The zero-order chi connectivity index (χ0) is 12.3. The first-order valence-corrected chi connectivity index (χ1v) is 5.51. The van der Waals surface area contributed by atoms with E-state index in [1.807, 2.05) is 6.92 Å². The van der Waals surface area contributed by atoms with Crippen LogP contribution in [0.25, 0.3) is 5.65 Å². The molecule has 2 heterocycles. The molecule has 0 saturated heterocycles. The number of rotatable bonds is 5. The molecule has 0 radical (unpaired) electrons. The Bertz CT molecular complexity index is 547. The third kappa shape index (κ3) is 2.62. The monoisotopic (exact) mass is 237 g/mol. The van der Waals surface area contributed by atoms with Gasteiger partial charge in [-0.1, -0.05) is 0 Å². The molecule has 0 aliphatic heterocycles. The summed E-state index contributed by atoms with van der Waals surface area (Å²) >= 11 is 0. The fourth-order valence-corrected chi connectivity index (χ4v) is 1.61. The Morgan fingerprint density at radius 3 is 3.24 bits per heavy atom. The highest BCUT2D eigenvalue weighted by Crippen LogP contribution is 2.08. The number of nitrogens with zero attached hydrogens (tertiary/aromatic N) is 3. The maximum absolute atomic E-state index is 11.2. The van der Waals surface area contributed by atoms with Crippen molar-refractivity contribution in [2.75, 3.05) is 11.9 Å². The summed E-state index contributed by atoms with van der Waals surface area (Å²) in [6.07, 6.45) is 3.04. The third-order valence-corrected chi connectivity index (χ3v) is 2.50. The molecule has 0 amide bonds. The Hall–Kier alpha value is -1.89. The minimum absolute atomic E-state index is 0.188. The molecule has 0 spiro atoms. The summed E-state index contributed by atoms with van der Waals surface area (Å²) in [5.41, 5.74) is 0.231. The lowest BCUT2D eigenvalue weighted by Gasteiger charge is -2.13. The molecule has 0 saturated carbocycles. The molecule has 1 unspecified atom stereocenters. The van der Waals surface area contributed by atoms with Gasteiger partial charge in [0.15, 0.2) is 5.65 Å². The number of hydrogen-bond donors (Lipinski definition) is 3. The Labute approximate surface area is 97.5 Å². The molecule has 0 aliphatic rings. The van der Waals surface area contributed by atoms with E-state index in [1.54, 1.807) is 6.07 Å². The fourth-order valence-electron chi connectivity index (χ4n) is 1.61. The van der Waals surface area contributed by atoms with Crippen LogP contribution in [-0.4, -0.2) is 37.3 Å². The summed E-state index contributed by atoms with van der Waals surface area (Å²) in [6, 6.07) is 1.91. The van der Waals surface area contributed by atoms with Crippen LogP contribution in [0.5, 0.6) is 0 Å². The van der Waals surface area contributed by atoms with Crippen LogP contribution in [0.3, 0.4) is 0 Å². The van der Waals surface area contributed by atoms with Crippen molar-refractivity contribution in [1.82, 2.24) is 19.6 Å². The first-order chi connectivity index (χ1) is 8.20. The molecular formula is C10H15N5O2. The van der Waals surface area contributed by atoms with Gasteiger partial charge in [0.2, 0.25) is 0 Å². The van der Waals surface area contributed by atoms with Crippen LogP contribution in [0.2, 0.25) is 0 Å². The molecular weight excluding hydrogens is 222 g/mol. The lowest BCUT2D eigenvalue weighted by molar-refractivity contribution is 0.282. The van der Waals surface area contributed by atoms with E-state index in [0.717, 1.165) is 12.8 Å². The number of nitrogens with one attached hydrogen (secondary N) is 2. The maximum atomic E-state index is 11.2. The van der Waals surface area contributed by atoms with Crippen molar-refractivity contribution in [3.8, 4) is 0 Å². The quantitative estimate of drug-likeness (QED) is 0.679. The highest BCUT2D eigenvalue weighted by atomic mass is 16.2. The number of aliphatic hydroxyl groups excluding tert-OH is 1. The normalized spacial score (nSPS) is 12.8.